The largest absolute Gasteiger partial charge is 0.598 e. The van der Waals surface area contributed by atoms with Crippen molar-refractivity contribution in [2.45, 2.75) is 57.7 Å². The summed E-state index contributed by atoms with van der Waals surface area (Å²) in [6.07, 6.45) is -2.94. The highest BCUT2D eigenvalue weighted by Gasteiger charge is 2.57. The Kier molecular flexibility index (Phi) is 9.04. The lowest BCUT2D eigenvalue weighted by Crippen LogP contribution is -2.57. The zero-order valence-electron chi connectivity index (χ0n) is 15.6. The maximum Gasteiger partial charge on any atom is 0.340 e. The van der Waals surface area contributed by atoms with Gasteiger partial charge < -0.3 is 9.29 Å². The van der Waals surface area contributed by atoms with Gasteiger partial charge in [0.2, 0.25) is 6.17 Å². The van der Waals surface area contributed by atoms with Crippen molar-refractivity contribution in [1.82, 2.24) is 4.72 Å². The second-order valence-corrected chi connectivity index (χ2v) is 7.54. The summed E-state index contributed by atoms with van der Waals surface area (Å²) in [6.45, 7) is 4.06. The number of unbranched alkanes of at least 4 members (excludes halogenated alkanes) is 1. The Balaban J connectivity index is 3.23. The van der Waals surface area contributed by atoms with Crippen LogP contribution in [0, 0.1) is 5.82 Å². The fourth-order valence-electron chi connectivity index (χ4n) is 2.49. The van der Waals surface area contributed by atoms with Gasteiger partial charge in [-0.25, -0.2) is 22.4 Å². The van der Waals surface area contributed by atoms with Crippen LogP contribution in [0.4, 0.5) is 17.6 Å². The molecule has 0 saturated carbocycles. The topological polar surface area (TPSA) is 61.4 Å². The van der Waals surface area contributed by atoms with Crippen LogP contribution in [0.5, 0.6) is 0 Å². The van der Waals surface area contributed by atoms with Crippen LogP contribution in [0.25, 0.3) is 0 Å². The van der Waals surface area contributed by atoms with Crippen molar-refractivity contribution < 1.29 is 31.6 Å². The van der Waals surface area contributed by atoms with Crippen molar-refractivity contribution in [2.75, 3.05) is 12.4 Å². The van der Waals surface area contributed by atoms with Gasteiger partial charge in [0.1, 0.15) is 11.6 Å². The van der Waals surface area contributed by atoms with Crippen molar-refractivity contribution in [3.8, 4) is 0 Å². The molecule has 0 aliphatic carbocycles. The molecule has 9 heteroatoms. The van der Waals surface area contributed by atoms with Crippen LogP contribution in [0.15, 0.2) is 24.3 Å². The summed E-state index contributed by atoms with van der Waals surface area (Å²) in [5, 5.41) is 0. The minimum absolute atomic E-state index is 0.0769. The standard InChI is InChI=1S/C18H25F4NO3S/c1-4-6-11-27(25)23-17(3,13-9-7-8-10-14(13)19)18(21,22)12-15(20)16(24)26-5-2/h7-10,15,23H,4-6,11-12H2,1-3H3/t15?,17-,27?/m1/s1. The number of hydrogen-bond donors (Lipinski definition) is 1. The SMILES string of the molecule is CCCC[S+]([O-])N[C@](C)(c1ccccc1F)C(F)(F)CC(F)C(=O)OCC. The molecule has 27 heavy (non-hydrogen) atoms. The van der Waals surface area contributed by atoms with Gasteiger partial charge in [-0.15, -0.1) is 4.72 Å². The van der Waals surface area contributed by atoms with Crippen LogP contribution >= 0.6 is 0 Å². The number of hydrogen-bond acceptors (Lipinski definition) is 4. The third-order valence-corrected chi connectivity index (χ3v) is 5.42. The Morgan fingerprint density at radius 3 is 2.52 bits per heavy atom. The Bertz CT molecular complexity index is 620. The molecule has 154 valence electrons. The van der Waals surface area contributed by atoms with Gasteiger partial charge in [0.05, 0.1) is 13.0 Å². The predicted octanol–water partition coefficient (Wildman–Crippen LogP) is 4.02. The van der Waals surface area contributed by atoms with Crippen LogP contribution in [-0.4, -0.2) is 35.0 Å². The average molecular weight is 411 g/mol. The van der Waals surface area contributed by atoms with E-state index in [0.717, 1.165) is 19.1 Å². The molecule has 0 aliphatic rings. The monoisotopic (exact) mass is 411 g/mol. The van der Waals surface area contributed by atoms with E-state index in [1.165, 1.54) is 19.1 Å². The fraction of sp³-hybridized carbons (Fsp3) is 0.611. The molecule has 0 bridgehead atoms. The number of carbonyl (C=O) groups excluding carboxylic acids is 1. The molecular weight excluding hydrogens is 386 g/mol. The molecule has 0 aromatic heterocycles. The van der Waals surface area contributed by atoms with Crippen molar-refractivity contribution in [3.05, 3.63) is 35.6 Å². The first-order valence-corrected chi connectivity index (χ1v) is 10.0. The highest BCUT2D eigenvalue weighted by Crippen LogP contribution is 2.43. The summed E-state index contributed by atoms with van der Waals surface area (Å²) < 4.78 is 77.3. The molecule has 1 aromatic rings. The first-order chi connectivity index (χ1) is 12.6. The highest BCUT2D eigenvalue weighted by atomic mass is 32.2. The molecule has 1 rings (SSSR count). The van der Waals surface area contributed by atoms with Gasteiger partial charge >= 0.3 is 5.97 Å². The second-order valence-electron chi connectivity index (χ2n) is 6.24. The molecule has 0 saturated heterocycles. The Morgan fingerprint density at radius 1 is 1.33 bits per heavy atom. The van der Waals surface area contributed by atoms with E-state index in [4.69, 9.17) is 0 Å². The first-order valence-electron chi connectivity index (χ1n) is 8.68. The van der Waals surface area contributed by atoms with E-state index >= 15 is 8.78 Å². The molecule has 1 aromatic carbocycles. The zero-order chi connectivity index (χ0) is 20.7. The van der Waals surface area contributed by atoms with Crippen molar-refractivity contribution in [1.29, 1.82) is 0 Å². The number of alkyl halides is 3. The Morgan fingerprint density at radius 2 is 1.96 bits per heavy atom. The number of ether oxygens (including phenoxy) is 1. The molecule has 0 fully saturated rings. The van der Waals surface area contributed by atoms with Crippen LogP contribution in [0.1, 0.15) is 45.6 Å². The van der Waals surface area contributed by atoms with Crippen molar-refractivity contribution in [3.63, 3.8) is 0 Å². The van der Waals surface area contributed by atoms with Crippen LogP contribution in [0.2, 0.25) is 0 Å². The highest BCUT2D eigenvalue weighted by molar-refractivity contribution is 7.89. The normalized spacial score (nSPS) is 16.4. The number of rotatable bonds is 11. The summed E-state index contributed by atoms with van der Waals surface area (Å²) in [4.78, 5) is 11.4. The van der Waals surface area contributed by atoms with Gasteiger partial charge in [-0.2, -0.15) is 0 Å². The lowest BCUT2D eigenvalue weighted by Gasteiger charge is -2.38. The fourth-order valence-corrected chi connectivity index (χ4v) is 3.86. The third-order valence-electron chi connectivity index (χ3n) is 4.12. The Hall–Kier alpha value is -1.32. The number of nitrogens with one attached hydrogen (secondary N) is 1. The second kappa shape index (κ2) is 10.3. The quantitative estimate of drug-likeness (QED) is 0.339. The maximum absolute atomic E-state index is 15.1. The van der Waals surface area contributed by atoms with E-state index in [1.54, 1.807) is 0 Å². The minimum atomic E-state index is -3.94. The summed E-state index contributed by atoms with van der Waals surface area (Å²) in [5.74, 6) is -6.23. The van der Waals surface area contributed by atoms with Gasteiger partial charge in [-0.1, -0.05) is 31.5 Å². The Labute approximate surface area is 160 Å². The molecule has 0 radical (unpaired) electrons. The lowest BCUT2D eigenvalue weighted by molar-refractivity contribution is -0.157. The molecular formula is C18H25F4NO3S. The van der Waals surface area contributed by atoms with E-state index in [1.807, 2.05) is 6.92 Å². The van der Waals surface area contributed by atoms with E-state index in [9.17, 15) is 18.1 Å². The van der Waals surface area contributed by atoms with Gasteiger partial charge in [0, 0.05) is 16.9 Å². The molecule has 0 aliphatic heterocycles. The van der Waals surface area contributed by atoms with Crippen LogP contribution < -0.4 is 4.72 Å². The predicted molar refractivity (Wildman–Crippen MR) is 95.9 cm³/mol. The van der Waals surface area contributed by atoms with Crippen LogP contribution in [0.3, 0.4) is 0 Å². The van der Waals surface area contributed by atoms with Crippen molar-refractivity contribution >= 4 is 17.3 Å². The van der Waals surface area contributed by atoms with E-state index in [2.05, 4.69) is 9.46 Å². The van der Waals surface area contributed by atoms with Gasteiger partial charge in [0.15, 0.2) is 5.54 Å². The first kappa shape index (κ1) is 23.7. The molecule has 0 heterocycles. The van der Waals surface area contributed by atoms with E-state index < -0.39 is 52.8 Å². The van der Waals surface area contributed by atoms with E-state index in [-0.39, 0.29) is 12.4 Å². The maximum atomic E-state index is 15.1. The zero-order valence-corrected chi connectivity index (χ0v) is 16.4. The number of esters is 1. The van der Waals surface area contributed by atoms with Crippen molar-refractivity contribution in [2.24, 2.45) is 0 Å². The summed E-state index contributed by atoms with van der Waals surface area (Å²) in [5.41, 5.74) is -2.95. The summed E-state index contributed by atoms with van der Waals surface area (Å²) >= 11 is -1.91. The van der Waals surface area contributed by atoms with Gasteiger partial charge in [0.25, 0.3) is 5.92 Å². The van der Waals surface area contributed by atoms with Gasteiger partial charge in [-0.3, -0.25) is 0 Å². The third kappa shape index (κ3) is 6.08. The summed E-state index contributed by atoms with van der Waals surface area (Å²) in [6, 6.07) is 4.77. The molecule has 2 unspecified atom stereocenters. The minimum Gasteiger partial charge on any atom is -0.598 e. The average Bonchev–Trinajstić information content (AvgIpc) is 2.59. The van der Waals surface area contributed by atoms with Crippen LogP contribution in [-0.2, 0) is 26.4 Å². The van der Waals surface area contributed by atoms with E-state index in [0.29, 0.717) is 12.8 Å². The molecule has 4 nitrogen and oxygen atoms in total. The smallest absolute Gasteiger partial charge is 0.340 e. The number of halogens is 4. The molecule has 0 amide bonds. The summed E-state index contributed by atoms with van der Waals surface area (Å²) in [7, 11) is 0. The molecule has 3 atom stereocenters. The lowest BCUT2D eigenvalue weighted by atomic mass is 9.83. The molecule has 1 N–H and O–H groups in total. The number of benzene rings is 1. The van der Waals surface area contributed by atoms with Gasteiger partial charge in [-0.05, 0) is 26.3 Å². The molecule has 0 spiro atoms. The number of carbonyl (C=O) groups is 1.